The molecule has 5 nitrogen and oxygen atoms in total. The molecule has 1 atom stereocenters. The second kappa shape index (κ2) is 37.0. The van der Waals surface area contributed by atoms with Gasteiger partial charge in [-0.3, -0.25) is 0 Å². The average molecular weight is 600 g/mol. The van der Waals surface area contributed by atoms with Gasteiger partial charge in [0.2, 0.25) is 0 Å². The number of hydrogen-bond donors (Lipinski definition) is 0. The minimum absolute atomic E-state index is 0.0895. The normalized spacial score (nSPS) is 12.5. The molecular weight excluding hydrogens is 522 g/mol. The molecule has 0 aromatic carbocycles. The lowest BCUT2D eigenvalue weighted by Crippen LogP contribution is -2.38. The predicted octanol–water partition coefficient (Wildman–Crippen LogP) is 10.4. The van der Waals surface area contributed by atoms with Crippen LogP contribution in [0.15, 0.2) is 0 Å². The molecule has 1 unspecified atom stereocenters. The van der Waals surface area contributed by atoms with Gasteiger partial charge in [-0.25, -0.2) is 0 Å². The van der Waals surface area contributed by atoms with Crippen LogP contribution in [0.3, 0.4) is 0 Å². The summed E-state index contributed by atoms with van der Waals surface area (Å²) in [6.07, 6.45) is 33.7. The molecule has 5 heteroatoms. The van der Waals surface area contributed by atoms with Gasteiger partial charge in [0.05, 0.1) is 39.1 Å². The van der Waals surface area contributed by atoms with Crippen LogP contribution in [0.4, 0.5) is 0 Å². The van der Waals surface area contributed by atoms with E-state index in [9.17, 15) is 0 Å². The molecule has 0 radical (unpaired) electrons. The fraction of sp³-hybridized carbons (Fsp3) is 1.00. The van der Waals surface area contributed by atoms with E-state index in [1.54, 1.807) is 14.2 Å². The third-order valence-electron chi connectivity index (χ3n) is 8.49. The minimum Gasteiger partial charge on any atom is -0.382 e. The zero-order chi connectivity index (χ0) is 30.6. The summed E-state index contributed by atoms with van der Waals surface area (Å²) in [5.74, 6) is 0. The Bertz CT molecular complexity index is 451. The van der Waals surface area contributed by atoms with Crippen molar-refractivity contribution in [2.75, 3.05) is 66.9 Å². The van der Waals surface area contributed by atoms with E-state index in [1.807, 2.05) is 0 Å². The van der Waals surface area contributed by atoms with Gasteiger partial charge in [0.25, 0.3) is 0 Å². The molecule has 0 spiro atoms. The second-order valence-electron chi connectivity index (χ2n) is 12.6. The summed E-state index contributed by atoms with van der Waals surface area (Å²) >= 11 is 0. The first-order valence-corrected chi connectivity index (χ1v) is 18.7. The van der Waals surface area contributed by atoms with E-state index >= 15 is 0 Å². The van der Waals surface area contributed by atoms with Crippen LogP contribution >= 0.6 is 0 Å². The van der Waals surface area contributed by atoms with Gasteiger partial charge in [0.1, 0.15) is 0 Å². The Kier molecular flexibility index (Phi) is 36.8. The molecule has 0 aromatic heterocycles. The van der Waals surface area contributed by atoms with E-state index in [0.717, 1.165) is 6.54 Å². The fourth-order valence-electron chi connectivity index (χ4n) is 5.74. The molecule has 0 aliphatic rings. The first-order chi connectivity index (χ1) is 20.8. The highest BCUT2D eigenvalue weighted by atomic mass is 16.6. The number of ether oxygens (including phenoxy) is 4. The molecule has 0 amide bonds. The van der Waals surface area contributed by atoms with Crippen LogP contribution in [0, 0.1) is 0 Å². The van der Waals surface area contributed by atoms with E-state index in [-0.39, 0.29) is 6.10 Å². The van der Waals surface area contributed by atoms with Crippen molar-refractivity contribution in [1.29, 1.82) is 0 Å². The molecular formula is C37H77NO4. The summed E-state index contributed by atoms with van der Waals surface area (Å²) in [4.78, 5) is 2.66. The van der Waals surface area contributed by atoms with Crippen molar-refractivity contribution in [2.45, 2.75) is 174 Å². The summed E-state index contributed by atoms with van der Waals surface area (Å²) in [5, 5.41) is 0. The highest BCUT2D eigenvalue weighted by Gasteiger charge is 2.15. The molecule has 0 N–H and O–H groups in total. The van der Waals surface area contributed by atoms with Crippen LogP contribution in [0.5, 0.6) is 0 Å². The Labute approximate surface area is 264 Å². The van der Waals surface area contributed by atoms with Crippen LogP contribution in [-0.4, -0.2) is 77.9 Å². The number of methoxy groups -OCH3 is 2. The Morgan fingerprint density at radius 3 is 1.17 bits per heavy atom. The first-order valence-electron chi connectivity index (χ1n) is 18.7. The Morgan fingerprint density at radius 2 is 0.786 bits per heavy atom. The standard InChI is InChI=1S/C37H77NO4/c1-5-7-9-11-13-15-17-19-21-23-25-27-29-38(35-37(42-34-32-40-4)36-41-33-31-39-3)30-28-26-24-22-20-18-16-14-12-10-8-6-2/h37H,5-36H2,1-4H3. The highest BCUT2D eigenvalue weighted by Crippen LogP contribution is 2.14. The van der Waals surface area contributed by atoms with Crippen molar-refractivity contribution in [3.05, 3.63) is 0 Å². The first kappa shape index (κ1) is 41.8. The zero-order valence-electron chi connectivity index (χ0n) is 29.3. The number of hydrogen-bond acceptors (Lipinski definition) is 5. The van der Waals surface area contributed by atoms with Gasteiger partial charge in [-0.15, -0.1) is 0 Å². The van der Waals surface area contributed by atoms with Crippen molar-refractivity contribution >= 4 is 0 Å². The lowest BCUT2D eigenvalue weighted by Gasteiger charge is -2.28. The quantitative estimate of drug-likeness (QED) is 0.0664. The van der Waals surface area contributed by atoms with Crippen molar-refractivity contribution in [3.63, 3.8) is 0 Å². The average Bonchev–Trinajstić information content (AvgIpc) is 3.00. The second-order valence-corrected chi connectivity index (χ2v) is 12.6. The zero-order valence-corrected chi connectivity index (χ0v) is 29.3. The summed E-state index contributed by atoms with van der Waals surface area (Å²) in [6, 6.07) is 0. The van der Waals surface area contributed by atoms with Gasteiger partial charge in [0, 0.05) is 20.8 Å². The van der Waals surface area contributed by atoms with E-state index < -0.39 is 0 Å². The van der Waals surface area contributed by atoms with Crippen LogP contribution in [0.2, 0.25) is 0 Å². The maximum absolute atomic E-state index is 6.19. The number of nitrogens with zero attached hydrogens (tertiary/aromatic N) is 1. The molecule has 0 bridgehead atoms. The fourth-order valence-corrected chi connectivity index (χ4v) is 5.74. The maximum atomic E-state index is 6.19. The van der Waals surface area contributed by atoms with Gasteiger partial charge in [-0.1, -0.05) is 155 Å². The van der Waals surface area contributed by atoms with E-state index in [4.69, 9.17) is 18.9 Å². The van der Waals surface area contributed by atoms with Gasteiger partial charge in [-0.2, -0.15) is 0 Å². The molecule has 42 heavy (non-hydrogen) atoms. The lowest BCUT2D eigenvalue weighted by molar-refractivity contribution is -0.0526. The molecule has 0 rings (SSSR count). The summed E-state index contributed by atoms with van der Waals surface area (Å²) in [5.41, 5.74) is 0. The third kappa shape index (κ3) is 32.7. The Balaban J connectivity index is 4.31. The molecule has 0 fully saturated rings. The van der Waals surface area contributed by atoms with E-state index in [1.165, 1.54) is 167 Å². The summed E-state index contributed by atoms with van der Waals surface area (Å²) in [7, 11) is 3.46. The Hall–Kier alpha value is -0.200. The molecule has 0 aliphatic heterocycles. The SMILES string of the molecule is CCCCCCCCCCCCCCN(CCCCCCCCCCCCCC)CC(COCCOC)OCCOC. The van der Waals surface area contributed by atoms with E-state index in [0.29, 0.717) is 33.0 Å². The molecule has 0 heterocycles. The molecule has 254 valence electrons. The van der Waals surface area contributed by atoms with E-state index in [2.05, 4.69) is 18.7 Å². The molecule has 0 aromatic rings. The van der Waals surface area contributed by atoms with Gasteiger partial charge >= 0.3 is 0 Å². The minimum atomic E-state index is 0.0895. The topological polar surface area (TPSA) is 40.2 Å². The molecule has 0 saturated carbocycles. The highest BCUT2D eigenvalue weighted by molar-refractivity contribution is 4.68. The van der Waals surface area contributed by atoms with Crippen LogP contribution in [-0.2, 0) is 18.9 Å². The predicted molar refractivity (Wildman–Crippen MR) is 183 cm³/mol. The molecule has 0 saturated heterocycles. The van der Waals surface area contributed by atoms with Crippen LogP contribution < -0.4 is 0 Å². The molecule has 0 aliphatic carbocycles. The van der Waals surface area contributed by atoms with Crippen LogP contribution in [0.1, 0.15) is 168 Å². The maximum Gasteiger partial charge on any atom is 0.0936 e. The van der Waals surface area contributed by atoms with Crippen LogP contribution in [0.25, 0.3) is 0 Å². The van der Waals surface area contributed by atoms with Gasteiger partial charge < -0.3 is 23.8 Å². The number of unbranched alkanes of at least 4 members (excludes halogenated alkanes) is 22. The van der Waals surface area contributed by atoms with Crippen molar-refractivity contribution < 1.29 is 18.9 Å². The summed E-state index contributed by atoms with van der Waals surface area (Å²) < 4.78 is 22.5. The third-order valence-corrected chi connectivity index (χ3v) is 8.49. The van der Waals surface area contributed by atoms with Crippen molar-refractivity contribution in [3.8, 4) is 0 Å². The lowest BCUT2D eigenvalue weighted by atomic mass is 10.0. The largest absolute Gasteiger partial charge is 0.382 e. The Morgan fingerprint density at radius 1 is 0.429 bits per heavy atom. The van der Waals surface area contributed by atoms with Crippen molar-refractivity contribution in [1.82, 2.24) is 4.90 Å². The monoisotopic (exact) mass is 600 g/mol. The smallest absolute Gasteiger partial charge is 0.0936 e. The van der Waals surface area contributed by atoms with Gasteiger partial charge in [-0.05, 0) is 25.9 Å². The summed E-state index contributed by atoms with van der Waals surface area (Å²) in [6.45, 7) is 11.0. The number of rotatable bonds is 37. The van der Waals surface area contributed by atoms with Crippen molar-refractivity contribution in [2.24, 2.45) is 0 Å². The van der Waals surface area contributed by atoms with Gasteiger partial charge in [0.15, 0.2) is 0 Å².